The van der Waals surface area contributed by atoms with E-state index in [9.17, 15) is 14.4 Å². The van der Waals surface area contributed by atoms with E-state index in [4.69, 9.17) is 49.0 Å². The molecular formula is C23H20Cl3NO6S. The highest BCUT2D eigenvalue weighted by atomic mass is 35.5. The number of ether oxygens (including phenoxy) is 3. The molecule has 34 heavy (non-hydrogen) atoms. The van der Waals surface area contributed by atoms with Crippen LogP contribution in [0.25, 0.3) is 6.08 Å². The largest absolute Gasteiger partial charge is 0.490 e. The van der Waals surface area contributed by atoms with Crippen LogP contribution in [0.2, 0.25) is 15.1 Å². The molecule has 0 radical (unpaired) electrons. The first kappa shape index (κ1) is 26.2. The number of esters is 1. The maximum atomic E-state index is 12.6. The second-order valence-corrected chi connectivity index (χ2v) is 9.10. The number of halogens is 3. The summed E-state index contributed by atoms with van der Waals surface area (Å²) in [6.45, 7) is 3.63. The van der Waals surface area contributed by atoms with Gasteiger partial charge in [0, 0.05) is 15.6 Å². The van der Waals surface area contributed by atoms with Crippen molar-refractivity contribution in [2.24, 2.45) is 0 Å². The number of rotatable bonds is 9. The van der Waals surface area contributed by atoms with Crippen LogP contribution < -0.4 is 9.47 Å². The number of hydrogen-bond acceptors (Lipinski definition) is 7. The molecule has 0 bridgehead atoms. The van der Waals surface area contributed by atoms with E-state index in [1.165, 1.54) is 6.08 Å². The van der Waals surface area contributed by atoms with Gasteiger partial charge in [0.2, 0.25) is 0 Å². The van der Waals surface area contributed by atoms with E-state index in [2.05, 4.69) is 0 Å². The number of thioether (sulfide) groups is 1. The van der Waals surface area contributed by atoms with Crippen LogP contribution in [0.3, 0.4) is 0 Å². The Bertz CT molecular complexity index is 1150. The highest BCUT2D eigenvalue weighted by Gasteiger charge is 2.36. The fourth-order valence-corrected chi connectivity index (χ4v) is 4.56. The van der Waals surface area contributed by atoms with E-state index in [0.29, 0.717) is 39.3 Å². The molecule has 7 nitrogen and oxygen atoms in total. The molecule has 11 heteroatoms. The third-order valence-corrected chi connectivity index (χ3v) is 6.26. The quantitative estimate of drug-likeness (QED) is 0.274. The molecule has 180 valence electrons. The second kappa shape index (κ2) is 11.8. The molecule has 1 aliphatic rings. The SMILES string of the molecule is CCOC(=O)CN1C(=O)S/C(=C/c2cc(Cl)c(OCc3ccc(Cl)cc3Cl)c(OCC)c2)C1=O. The van der Waals surface area contributed by atoms with Gasteiger partial charge in [-0.2, -0.15) is 0 Å². The van der Waals surface area contributed by atoms with Gasteiger partial charge in [0.05, 0.1) is 23.1 Å². The van der Waals surface area contributed by atoms with Crippen molar-refractivity contribution in [1.82, 2.24) is 4.90 Å². The van der Waals surface area contributed by atoms with Gasteiger partial charge in [-0.3, -0.25) is 19.3 Å². The molecule has 3 rings (SSSR count). The third kappa shape index (κ3) is 6.39. The lowest BCUT2D eigenvalue weighted by Gasteiger charge is -2.15. The van der Waals surface area contributed by atoms with Crippen LogP contribution in [0.1, 0.15) is 25.0 Å². The van der Waals surface area contributed by atoms with E-state index in [-0.39, 0.29) is 23.1 Å². The first-order valence-corrected chi connectivity index (χ1v) is 12.1. The molecule has 1 fully saturated rings. The summed E-state index contributed by atoms with van der Waals surface area (Å²) in [7, 11) is 0. The van der Waals surface area contributed by atoms with Gasteiger partial charge >= 0.3 is 5.97 Å². The van der Waals surface area contributed by atoms with E-state index in [0.717, 1.165) is 16.7 Å². The lowest BCUT2D eigenvalue weighted by Crippen LogP contribution is -2.34. The Labute approximate surface area is 215 Å². The van der Waals surface area contributed by atoms with Crippen LogP contribution in [-0.2, 0) is 20.9 Å². The Morgan fingerprint density at radius 1 is 1.03 bits per heavy atom. The van der Waals surface area contributed by atoms with Crippen molar-refractivity contribution in [2.75, 3.05) is 19.8 Å². The summed E-state index contributed by atoms with van der Waals surface area (Å²) in [6.07, 6.45) is 1.50. The van der Waals surface area contributed by atoms with Gasteiger partial charge in [0.25, 0.3) is 11.1 Å². The van der Waals surface area contributed by atoms with Crippen LogP contribution >= 0.6 is 46.6 Å². The average molecular weight is 545 g/mol. The van der Waals surface area contributed by atoms with Gasteiger partial charge in [-0.25, -0.2) is 0 Å². The summed E-state index contributed by atoms with van der Waals surface area (Å²) in [5.41, 5.74) is 1.23. The Kier molecular flexibility index (Phi) is 9.13. The summed E-state index contributed by atoms with van der Waals surface area (Å²) in [6, 6.07) is 8.30. The lowest BCUT2D eigenvalue weighted by molar-refractivity contribution is -0.145. The van der Waals surface area contributed by atoms with Crippen molar-refractivity contribution in [3.63, 3.8) is 0 Å². The van der Waals surface area contributed by atoms with Crippen molar-refractivity contribution in [3.05, 3.63) is 61.4 Å². The Balaban J connectivity index is 1.83. The van der Waals surface area contributed by atoms with Crippen molar-refractivity contribution in [1.29, 1.82) is 0 Å². The fourth-order valence-electron chi connectivity index (χ4n) is 2.99. The zero-order chi connectivity index (χ0) is 24.8. The van der Waals surface area contributed by atoms with Crippen LogP contribution in [0, 0.1) is 0 Å². The highest BCUT2D eigenvalue weighted by molar-refractivity contribution is 8.18. The van der Waals surface area contributed by atoms with Crippen molar-refractivity contribution >= 4 is 69.8 Å². The monoisotopic (exact) mass is 543 g/mol. The minimum absolute atomic E-state index is 0.127. The molecule has 1 saturated heterocycles. The Morgan fingerprint density at radius 3 is 2.47 bits per heavy atom. The number of nitrogens with zero attached hydrogens (tertiary/aromatic N) is 1. The summed E-state index contributed by atoms with van der Waals surface area (Å²) in [5, 5.41) is 0.655. The lowest BCUT2D eigenvalue weighted by atomic mass is 10.1. The molecule has 2 aromatic carbocycles. The van der Waals surface area contributed by atoms with Crippen LogP contribution in [-0.4, -0.2) is 41.8 Å². The zero-order valence-corrected chi connectivity index (χ0v) is 21.3. The van der Waals surface area contributed by atoms with Gasteiger partial charge in [0.1, 0.15) is 13.2 Å². The minimum atomic E-state index is -0.657. The molecule has 0 aliphatic carbocycles. The molecule has 2 amide bonds. The number of carbonyl (C=O) groups is 3. The molecule has 0 saturated carbocycles. The normalized spacial score (nSPS) is 14.6. The molecule has 0 N–H and O–H groups in total. The second-order valence-electron chi connectivity index (χ2n) is 6.86. The Morgan fingerprint density at radius 2 is 1.79 bits per heavy atom. The molecule has 2 aromatic rings. The first-order chi connectivity index (χ1) is 16.2. The summed E-state index contributed by atoms with van der Waals surface area (Å²) >= 11 is 19.3. The molecule has 1 heterocycles. The van der Waals surface area contributed by atoms with Crippen molar-refractivity contribution in [2.45, 2.75) is 20.5 Å². The standard InChI is InChI=1S/C23H20Cl3NO6S/c1-3-31-18-8-13(9-19-22(29)27(23(30)34-19)11-20(28)32-4-2)7-17(26)21(18)33-12-14-5-6-15(24)10-16(14)25/h5-10H,3-4,11-12H2,1-2H3/b19-9+. The van der Waals surface area contributed by atoms with Gasteiger partial charge in [-0.15, -0.1) is 0 Å². The van der Waals surface area contributed by atoms with Gasteiger partial charge in [-0.1, -0.05) is 40.9 Å². The average Bonchev–Trinajstić information content (AvgIpc) is 3.02. The zero-order valence-electron chi connectivity index (χ0n) is 18.2. The predicted octanol–water partition coefficient (Wildman–Crippen LogP) is 6.22. The van der Waals surface area contributed by atoms with Crippen LogP contribution in [0.15, 0.2) is 35.2 Å². The molecular weight excluding hydrogens is 525 g/mol. The smallest absolute Gasteiger partial charge is 0.326 e. The Hall–Kier alpha value is -2.39. The van der Waals surface area contributed by atoms with E-state index >= 15 is 0 Å². The fraction of sp³-hybridized carbons (Fsp3) is 0.261. The van der Waals surface area contributed by atoms with Crippen molar-refractivity contribution in [3.8, 4) is 11.5 Å². The topological polar surface area (TPSA) is 82.1 Å². The number of imide groups is 1. The maximum Gasteiger partial charge on any atom is 0.326 e. The summed E-state index contributed by atoms with van der Waals surface area (Å²) in [5.74, 6) is -0.580. The molecule has 0 unspecified atom stereocenters. The van der Waals surface area contributed by atoms with Gasteiger partial charge < -0.3 is 14.2 Å². The summed E-state index contributed by atoms with van der Waals surface area (Å²) < 4.78 is 16.4. The first-order valence-electron chi connectivity index (χ1n) is 10.2. The molecule has 0 atom stereocenters. The number of amides is 2. The molecule has 0 aromatic heterocycles. The van der Waals surface area contributed by atoms with Crippen LogP contribution in [0.4, 0.5) is 4.79 Å². The summed E-state index contributed by atoms with van der Waals surface area (Å²) in [4.78, 5) is 37.5. The number of benzene rings is 2. The third-order valence-electron chi connectivity index (χ3n) is 4.48. The number of hydrogen-bond donors (Lipinski definition) is 0. The highest BCUT2D eigenvalue weighted by Crippen LogP contribution is 2.40. The van der Waals surface area contributed by atoms with Gasteiger partial charge in [-0.05, 0) is 61.5 Å². The predicted molar refractivity (Wildman–Crippen MR) is 133 cm³/mol. The van der Waals surface area contributed by atoms with Gasteiger partial charge in [0.15, 0.2) is 11.5 Å². The molecule has 1 aliphatic heterocycles. The molecule has 0 spiro atoms. The van der Waals surface area contributed by atoms with E-state index < -0.39 is 23.7 Å². The van der Waals surface area contributed by atoms with E-state index in [1.807, 2.05) is 0 Å². The van der Waals surface area contributed by atoms with Crippen molar-refractivity contribution < 1.29 is 28.6 Å². The number of carbonyl (C=O) groups excluding carboxylic acids is 3. The maximum absolute atomic E-state index is 12.6. The van der Waals surface area contributed by atoms with E-state index in [1.54, 1.807) is 44.2 Å². The van der Waals surface area contributed by atoms with Crippen LogP contribution in [0.5, 0.6) is 11.5 Å². The minimum Gasteiger partial charge on any atom is -0.490 e.